The zero-order valence-electron chi connectivity index (χ0n) is 12.0. The number of benzene rings is 2. The van der Waals surface area contributed by atoms with Gasteiger partial charge in [-0.3, -0.25) is 4.79 Å². The summed E-state index contributed by atoms with van der Waals surface area (Å²) in [5.74, 6) is -1.60. The molecule has 4 heteroatoms. The normalized spacial score (nSPS) is 10.8. The van der Waals surface area contributed by atoms with Gasteiger partial charge in [-0.1, -0.05) is 38.1 Å². The molecule has 0 spiro atoms. The van der Waals surface area contributed by atoms with Gasteiger partial charge in [-0.05, 0) is 29.2 Å². The molecule has 0 bridgehead atoms. The molecule has 2 aromatic carbocycles. The number of hydrogen-bond donors (Lipinski definition) is 3. The molecular formula is C17H18O4. The Kier molecular flexibility index (Phi) is 4.17. The minimum atomic E-state index is -0.670. The molecule has 0 aliphatic carbocycles. The van der Waals surface area contributed by atoms with E-state index < -0.39 is 17.2 Å². The largest absolute Gasteiger partial charge is 0.504 e. The molecule has 0 aromatic heterocycles. The van der Waals surface area contributed by atoms with E-state index >= 15 is 0 Å². The molecule has 0 fully saturated rings. The van der Waals surface area contributed by atoms with Gasteiger partial charge < -0.3 is 15.3 Å². The number of Topliss-reactive ketones (excluding diaryl/α,β-unsaturated/α-hetero) is 1. The lowest BCUT2D eigenvalue weighted by atomic mass is 9.98. The van der Waals surface area contributed by atoms with E-state index in [9.17, 15) is 20.1 Å². The van der Waals surface area contributed by atoms with Crippen LogP contribution in [-0.4, -0.2) is 21.1 Å². The summed E-state index contributed by atoms with van der Waals surface area (Å²) in [6.07, 6.45) is 0.121. The first-order valence-corrected chi connectivity index (χ1v) is 6.76. The van der Waals surface area contributed by atoms with Crippen molar-refractivity contribution in [2.45, 2.75) is 26.2 Å². The summed E-state index contributed by atoms with van der Waals surface area (Å²) in [6, 6.07) is 10.2. The number of rotatable bonds is 4. The van der Waals surface area contributed by atoms with Gasteiger partial charge in [0, 0.05) is 6.42 Å². The average molecular weight is 286 g/mol. The number of carbonyl (C=O) groups excluding carboxylic acids is 1. The molecule has 0 amide bonds. The first kappa shape index (κ1) is 14.9. The maximum Gasteiger partial charge on any atom is 0.201 e. The van der Waals surface area contributed by atoms with Crippen molar-refractivity contribution in [2.75, 3.05) is 0 Å². The second-order valence-corrected chi connectivity index (χ2v) is 5.33. The lowest BCUT2D eigenvalue weighted by Crippen LogP contribution is -2.04. The third kappa shape index (κ3) is 3.16. The third-order valence-corrected chi connectivity index (χ3v) is 3.44. The Hall–Kier alpha value is -2.49. The molecule has 2 rings (SSSR count). The Morgan fingerprint density at radius 2 is 1.57 bits per heavy atom. The topological polar surface area (TPSA) is 77.8 Å². The standard InChI is InChI=1S/C17H18O4/c1-10(2)12-5-3-11(4-6-12)9-15(19)13-7-8-14(18)17(21)16(13)20/h3-8,10,18,20-21H,9H2,1-2H3. The van der Waals surface area contributed by atoms with Gasteiger partial charge in [0.2, 0.25) is 5.75 Å². The summed E-state index contributed by atoms with van der Waals surface area (Å²) < 4.78 is 0. The number of carbonyl (C=O) groups is 1. The van der Waals surface area contributed by atoms with Gasteiger partial charge in [-0.15, -0.1) is 0 Å². The number of ketones is 1. The summed E-state index contributed by atoms with van der Waals surface area (Å²) >= 11 is 0. The zero-order valence-corrected chi connectivity index (χ0v) is 12.0. The maximum absolute atomic E-state index is 12.2. The molecule has 2 aromatic rings. The van der Waals surface area contributed by atoms with Crippen LogP contribution in [-0.2, 0) is 6.42 Å². The summed E-state index contributed by atoms with van der Waals surface area (Å²) in [5, 5.41) is 28.4. The van der Waals surface area contributed by atoms with Crippen LogP contribution in [0.4, 0.5) is 0 Å². The Morgan fingerprint density at radius 1 is 0.952 bits per heavy atom. The predicted molar refractivity (Wildman–Crippen MR) is 80.0 cm³/mol. The van der Waals surface area contributed by atoms with Crippen LogP contribution < -0.4 is 0 Å². The Balaban J connectivity index is 2.20. The van der Waals surface area contributed by atoms with Crippen LogP contribution in [0.3, 0.4) is 0 Å². The van der Waals surface area contributed by atoms with Crippen LogP contribution in [0.2, 0.25) is 0 Å². The summed E-state index contributed by atoms with van der Waals surface area (Å²) in [7, 11) is 0. The molecule has 110 valence electrons. The van der Waals surface area contributed by atoms with Crippen LogP contribution in [0.25, 0.3) is 0 Å². The number of aromatic hydroxyl groups is 3. The first-order chi connectivity index (χ1) is 9.90. The van der Waals surface area contributed by atoms with Crippen LogP contribution in [0, 0.1) is 0 Å². The van der Waals surface area contributed by atoms with Gasteiger partial charge in [0.15, 0.2) is 17.3 Å². The number of hydrogen-bond acceptors (Lipinski definition) is 4. The van der Waals surface area contributed by atoms with Crippen molar-refractivity contribution in [3.8, 4) is 17.2 Å². The van der Waals surface area contributed by atoms with E-state index in [-0.39, 0.29) is 17.8 Å². The van der Waals surface area contributed by atoms with Crippen molar-refractivity contribution in [3.63, 3.8) is 0 Å². The highest BCUT2D eigenvalue weighted by atomic mass is 16.3. The molecule has 0 unspecified atom stereocenters. The van der Waals surface area contributed by atoms with Crippen molar-refractivity contribution < 1.29 is 20.1 Å². The fraction of sp³-hybridized carbons (Fsp3) is 0.235. The average Bonchev–Trinajstić information content (AvgIpc) is 2.45. The summed E-state index contributed by atoms with van der Waals surface area (Å²) in [4.78, 5) is 12.2. The van der Waals surface area contributed by atoms with E-state index in [0.717, 1.165) is 5.56 Å². The van der Waals surface area contributed by atoms with Gasteiger partial charge in [0.25, 0.3) is 0 Å². The highest BCUT2D eigenvalue weighted by molar-refractivity contribution is 6.00. The quantitative estimate of drug-likeness (QED) is 0.595. The van der Waals surface area contributed by atoms with E-state index in [2.05, 4.69) is 13.8 Å². The highest BCUT2D eigenvalue weighted by Crippen LogP contribution is 2.37. The first-order valence-electron chi connectivity index (χ1n) is 6.76. The fourth-order valence-corrected chi connectivity index (χ4v) is 2.10. The van der Waals surface area contributed by atoms with E-state index in [1.54, 1.807) is 0 Å². The van der Waals surface area contributed by atoms with Gasteiger partial charge >= 0.3 is 0 Å². The molecule has 0 heterocycles. The minimum Gasteiger partial charge on any atom is -0.504 e. The Morgan fingerprint density at radius 3 is 2.14 bits per heavy atom. The molecule has 0 radical (unpaired) electrons. The third-order valence-electron chi connectivity index (χ3n) is 3.44. The van der Waals surface area contributed by atoms with Crippen LogP contribution in [0.5, 0.6) is 17.2 Å². The van der Waals surface area contributed by atoms with E-state index in [0.29, 0.717) is 5.92 Å². The summed E-state index contributed by atoms with van der Waals surface area (Å²) in [6.45, 7) is 4.19. The van der Waals surface area contributed by atoms with Crippen molar-refractivity contribution in [1.29, 1.82) is 0 Å². The SMILES string of the molecule is CC(C)c1ccc(CC(=O)c2ccc(O)c(O)c2O)cc1. The molecule has 3 N–H and O–H groups in total. The van der Waals surface area contributed by atoms with Crippen molar-refractivity contribution >= 4 is 5.78 Å². The Labute approximate surface area is 123 Å². The smallest absolute Gasteiger partial charge is 0.201 e. The zero-order chi connectivity index (χ0) is 15.6. The molecule has 21 heavy (non-hydrogen) atoms. The van der Waals surface area contributed by atoms with Crippen molar-refractivity contribution in [1.82, 2.24) is 0 Å². The predicted octanol–water partition coefficient (Wildman–Crippen LogP) is 3.35. The lowest BCUT2D eigenvalue weighted by molar-refractivity contribution is 0.0989. The second-order valence-electron chi connectivity index (χ2n) is 5.33. The molecule has 0 atom stereocenters. The molecule has 0 saturated heterocycles. The maximum atomic E-state index is 12.2. The fourth-order valence-electron chi connectivity index (χ4n) is 2.10. The van der Waals surface area contributed by atoms with E-state index in [1.807, 2.05) is 24.3 Å². The van der Waals surface area contributed by atoms with Crippen LogP contribution in [0.15, 0.2) is 36.4 Å². The summed E-state index contributed by atoms with van der Waals surface area (Å²) in [5.41, 5.74) is 2.02. The molecule has 4 nitrogen and oxygen atoms in total. The van der Waals surface area contributed by atoms with Crippen LogP contribution >= 0.6 is 0 Å². The number of phenolic OH excluding ortho intramolecular Hbond substituents is 3. The van der Waals surface area contributed by atoms with Gasteiger partial charge in [0.1, 0.15) is 0 Å². The Bertz CT molecular complexity index is 657. The minimum absolute atomic E-state index is 0.00163. The lowest BCUT2D eigenvalue weighted by Gasteiger charge is -2.08. The van der Waals surface area contributed by atoms with Crippen molar-refractivity contribution in [3.05, 3.63) is 53.1 Å². The molecule has 0 aliphatic heterocycles. The van der Waals surface area contributed by atoms with Crippen molar-refractivity contribution in [2.24, 2.45) is 0 Å². The van der Waals surface area contributed by atoms with Gasteiger partial charge in [0.05, 0.1) is 5.56 Å². The molecule has 0 aliphatic rings. The van der Waals surface area contributed by atoms with Gasteiger partial charge in [-0.2, -0.15) is 0 Å². The second kappa shape index (κ2) is 5.87. The molecule has 0 saturated carbocycles. The van der Waals surface area contributed by atoms with E-state index in [4.69, 9.17) is 0 Å². The van der Waals surface area contributed by atoms with Gasteiger partial charge in [-0.25, -0.2) is 0 Å². The van der Waals surface area contributed by atoms with Crippen LogP contribution in [0.1, 0.15) is 41.3 Å². The molecular weight excluding hydrogens is 268 g/mol. The number of phenols is 3. The monoisotopic (exact) mass is 286 g/mol. The highest BCUT2D eigenvalue weighted by Gasteiger charge is 2.17. The van der Waals surface area contributed by atoms with E-state index in [1.165, 1.54) is 17.7 Å².